The van der Waals surface area contributed by atoms with E-state index in [0.717, 1.165) is 11.1 Å². The van der Waals surface area contributed by atoms with Gasteiger partial charge in [-0.25, -0.2) is 4.79 Å². The van der Waals surface area contributed by atoms with Crippen molar-refractivity contribution in [1.29, 1.82) is 0 Å². The third-order valence-corrected chi connectivity index (χ3v) is 5.09. The zero-order chi connectivity index (χ0) is 23.1. The summed E-state index contributed by atoms with van der Waals surface area (Å²) in [4.78, 5) is 11.2. The lowest BCUT2D eigenvalue weighted by molar-refractivity contribution is -0.132. The molecule has 0 spiro atoms. The van der Waals surface area contributed by atoms with Gasteiger partial charge in [0.1, 0.15) is 0 Å². The topological polar surface area (TPSA) is 111 Å². The van der Waals surface area contributed by atoms with Crippen molar-refractivity contribution < 1.29 is 24.9 Å². The van der Waals surface area contributed by atoms with Crippen LogP contribution >= 0.6 is 11.6 Å². The number of rotatable bonds is 10. The van der Waals surface area contributed by atoms with Crippen LogP contribution in [0.3, 0.4) is 0 Å². The Kier molecular flexibility index (Phi) is 7.84. The Morgan fingerprint density at radius 1 is 1.03 bits per heavy atom. The number of carboxylic acids is 1. The maximum absolute atomic E-state index is 11.2. The first-order chi connectivity index (χ1) is 15.3. The molecular formula is C24H25ClN2O5. The summed E-state index contributed by atoms with van der Waals surface area (Å²) >= 11 is 6.03. The number of hydrogen-bond acceptors (Lipinski definition) is 6. The number of anilines is 1. The molecule has 3 aromatic rings. The van der Waals surface area contributed by atoms with E-state index in [1.54, 1.807) is 55.6 Å². The second-order valence-electron chi connectivity index (χ2n) is 7.32. The van der Waals surface area contributed by atoms with E-state index in [1.165, 1.54) is 6.07 Å². The van der Waals surface area contributed by atoms with Gasteiger partial charge in [-0.2, -0.15) is 0 Å². The first-order valence-corrected chi connectivity index (χ1v) is 10.3. The Labute approximate surface area is 191 Å². The van der Waals surface area contributed by atoms with Crippen LogP contribution in [0.25, 0.3) is 11.1 Å². The zero-order valence-electron chi connectivity index (χ0n) is 17.5. The van der Waals surface area contributed by atoms with Crippen molar-refractivity contribution in [1.82, 2.24) is 5.32 Å². The Bertz CT molecular complexity index is 1070. The lowest BCUT2D eigenvalue weighted by Crippen LogP contribution is -2.48. The molecule has 0 radical (unpaired) electrons. The molecule has 3 rings (SSSR count). The van der Waals surface area contributed by atoms with E-state index >= 15 is 0 Å². The summed E-state index contributed by atoms with van der Waals surface area (Å²) in [6, 6.07) is 20.8. The van der Waals surface area contributed by atoms with E-state index < -0.39 is 11.9 Å². The predicted octanol–water partition coefficient (Wildman–Crippen LogP) is 3.73. The third kappa shape index (κ3) is 6.53. The van der Waals surface area contributed by atoms with Crippen molar-refractivity contribution in [3.63, 3.8) is 0 Å². The van der Waals surface area contributed by atoms with Crippen LogP contribution in [0, 0.1) is 0 Å². The van der Waals surface area contributed by atoms with Crippen molar-refractivity contribution in [3.8, 4) is 11.1 Å². The highest BCUT2D eigenvalue weighted by Gasteiger charge is 2.23. The number of benzene rings is 3. The van der Waals surface area contributed by atoms with Gasteiger partial charge in [-0.05, 0) is 53.1 Å². The lowest BCUT2D eigenvalue weighted by Gasteiger charge is -2.26. The molecule has 1 atom stereocenters. The number of nitrogens with one attached hydrogen (secondary N) is 2. The molecule has 168 valence electrons. The van der Waals surface area contributed by atoms with E-state index in [4.69, 9.17) is 16.3 Å². The van der Waals surface area contributed by atoms with Gasteiger partial charge in [-0.15, -0.1) is 0 Å². The summed E-state index contributed by atoms with van der Waals surface area (Å²) in [6.45, 7) is 0.162. The molecule has 0 saturated carbocycles. The molecule has 3 aromatic carbocycles. The average Bonchev–Trinajstić information content (AvgIpc) is 2.76. The number of aliphatic hydroxyl groups is 2. The highest BCUT2D eigenvalue weighted by Crippen LogP contribution is 2.25. The van der Waals surface area contributed by atoms with Gasteiger partial charge in [-0.1, -0.05) is 48.0 Å². The molecule has 32 heavy (non-hydrogen) atoms. The second-order valence-corrected chi connectivity index (χ2v) is 7.76. The van der Waals surface area contributed by atoms with Gasteiger partial charge in [0.15, 0.2) is 0 Å². The smallest absolute Gasteiger partial charge is 0.335 e. The fraction of sp³-hybridized carbons (Fsp3) is 0.208. The quantitative estimate of drug-likeness (QED) is 0.295. The highest BCUT2D eigenvalue weighted by molar-refractivity contribution is 6.30. The summed E-state index contributed by atoms with van der Waals surface area (Å²) in [5, 5.41) is 36.2. The first-order valence-electron chi connectivity index (χ1n) is 9.93. The summed E-state index contributed by atoms with van der Waals surface area (Å²) in [7, 11) is 1.57. The average molecular weight is 457 g/mol. The maximum Gasteiger partial charge on any atom is 0.335 e. The molecule has 1 unspecified atom stereocenters. The van der Waals surface area contributed by atoms with Gasteiger partial charge in [0.05, 0.1) is 18.2 Å². The standard InChI is InChI=1S/C24H25ClN2O5/c1-32-22(18-7-3-9-20(25)12-18)14-26-15-24(30,31)27-21-10-4-6-17(13-21)16-5-2-8-19(11-16)23(28)29/h2-13,22,26-27,30-31H,14-15H2,1H3,(H,28,29). The Hall–Kier alpha value is -2.94. The van der Waals surface area contributed by atoms with Crippen LogP contribution in [-0.4, -0.2) is 47.4 Å². The third-order valence-electron chi connectivity index (χ3n) is 4.86. The Morgan fingerprint density at radius 2 is 1.72 bits per heavy atom. The van der Waals surface area contributed by atoms with Crippen molar-refractivity contribution in [2.45, 2.75) is 12.0 Å². The van der Waals surface area contributed by atoms with Crippen LogP contribution in [0.4, 0.5) is 5.69 Å². The van der Waals surface area contributed by atoms with E-state index in [1.807, 2.05) is 18.2 Å². The molecule has 0 aromatic heterocycles. The molecule has 5 N–H and O–H groups in total. The highest BCUT2D eigenvalue weighted by atomic mass is 35.5. The normalized spacial score (nSPS) is 12.4. The van der Waals surface area contributed by atoms with Crippen LogP contribution < -0.4 is 10.6 Å². The number of carbonyl (C=O) groups is 1. The second kappa shape index (κ2) is 10.6. The minimum absolute atomic E-state index is 0.174. The van der Waals surface area contributed by atoms with E-state index in [0.29, 0.717) is 22.8 Å². The van der Waals surface area contributed by atoms with Crippen molar-refractivity contribution >= 4 is 23.3 Å². The maximum atomic E-state index is 11.2. The lowest BCUT2D eigenvalue weighted by atomic mass is 10.0. The molecule has 0 aliphatic carbocycles. The number of hydrogen-bond donors (Lipinski definition) is 5. The van der Waals surface area contributed by atoms with Crippen LogP contribution in [-0.2, 0) is 4.74 Å². The van der Waals surface area contributed by atoms with Crippen LogP contribution in [0.5, 0.6) is 0 Å². The molecule has 0 heterocycles. The van der Waals surface area contributed by atoms with Crippen LogP contribution in [0.1, 0.15) is 22.0 Å². The summed E-state index contributed by atoms with van der Waals surface area (Å²) in [6.07, 6.45) is -0.311. The fourth-order valence-electron chi connectivity index (χ4n) is 3.31. The Balaban J connectivity index is 1.63. The molecule has 0 fully saturated rings. The number of ether oxygens (including phenoxy) is 1. The van der Waals surface area contributed by atoms with E-state index in [-0.39, 0.29) is 18.2 Å². The molecule has 0 aliphatic rings. The largest absolute Gasteiger partial charge is 0.478 e. The van der Waals surface area contributed by atoms with Crippen molar-refractivity contribution in [2.24, 2.45) is 0 Å². The molecule has 0 aliphatic heterocycles. The van der Waals surface area contributed by atoms with Gasteiger partial charge in [-0.3, -0.25) is 0 Å². The van der Waals surface area contributed by atoms with Gasteiger partial charge in [0, 0.05) is 24.4 Å². The summed E-state index contributed by atoms with van der Waals surface area (Å²) in [5.41, 5.74) is 2.96. The number of aromatic carboxylic acids is 1. The molecule has 0 amide bonds. The van der Waals surface area contributed by atoms with Crippen molar-refractivity contribution in [3.05, 3.63) is 88.9 Å². The molecular weight excluding hydrogens is 432 g/mol. The number of methoxy groups -OCH3 is 1. The monoisotopic (exact) mass is 456 g/mol. The summed E-state index contributed by atoms with van der Waals surface area (Å²) < 4.78 is 5.47. The molecule has 0 bridgehead atoms. The van der Waals surface area contributed by atoms with Crippen LogP contribution in [0.15, 0.2) is 72.8 Å². The summed E-state index contributed by atoms with van der Waals surface area (Å²) in [5.74, 6) is -3.24. The minimum Gasteiger partial charge on any atom is -0.478 e. The number of carboxylic acid groups (broad SMARTS) is 1. The first kappa shape index (κ1) is 23.7. The van der Waals surface area contributed by atoms with Gasteiger partial charge >= 0.3 is 5.97 Å². The predicted molar refractivity (Wildman–Crippen MR) is 124 cm³/mol. The zero-order valence-corrected chi connectivity index (χ0v) is 18.2. The van der Waals surface area contributed by atoms with E-state index in [9.17, 15) is 20.1 Å². The van der Waals surface area contributed by atoms with Crippen molar-refractivity contribution in [2.75, 3.05) is 25.5 Å². The Morgan fingerprint density at radius 3 is 2.41 bits per heavy atom. The fourth-order valence-corrected chi connectivity index (χ4v) is 3.50. The molecule has 0 saturated heterocycles. The van der Waals surface area contributed by atoms with Crippen LogP contribution in [0.2, 0.25) is 5.02 Å². The molecule has 8 heteroatoms. The van der Waals surface area contributed by atoms with Gasteiger partial charge < -0.3 is 30.7 Å². The van der Waals surface area contributed by atoms with E-state index in [2.05, 4.69) is 10.6 Å². The SMILES string of the molecule is COC(CNCC(O)(O)Nc1cccc(-c2cccc(C(=O)O)c2)c1)c1cccc(Cl)c1. The van der Waals surface area contributed by atoms with Gasteiger partial charge in [0.25, 0.3) is 5.91 Å². The molecule has 7 nitrogen and oxygen atoms in total. The number of halogens is 1. The minimum atomic E-state index is -2.23. The van der Waals surface area contributed by atoms with Gasteiger partial charge in [0.2, 0.25) is 0 Å².